The summed E-state index contributed by atoms with van der Waals surface area (Å²) in [6, 6.07) is 15.8. The topological polar surface area (TPSA) is 105 Å². The Labute approximate surface area is 206 Å². The van der Waals surface area contributed by atoms with E-state index in [0.29, 0.717) is 12.8 Å². The average Bonchev–Trinajstić information content (AvgIpc) is 3.10. The molecule has 0 spiro atoms. The first-order valence-electron chi connectivity index (χ1n) is 12.4. The molecular weight excluding hydrogens is 444 g/mol. The predicted octanol–water partition coefficient (Wildman–Crippen LogP) is 4.56. The third kappa shape index (κ3) is 4.90. The van der Waals surface area contributed by atoms with Gasteiger partial charge in [0.05, 0.1) is 11.3 Å². The van der Waals surface area contributed by atoms with Crippen LogP contribution in [0.5, 0.6) is 0 Å². The van der Waals surface area contributed by atoms with Gasteiger partial charge in [-0.3, -0.25) is 9.59 Å². The molecule has 2 atom stereocenters. The van der Waals surface area contributed by atoms with Gasteiger partial charge in [-0.25, -0.2) is 4.79 Å². The van der Waals surface area contributed by atoms with E-state index in [0.717, 1.165) is 28.7 Å². The number of carboxylic acids is 1. The Morgan fingerprint density at radius 1 is 1.00 bits per heavy atom. The summed E-state index contributed by atoms with van der Waals surface area (Å²) < 4.78 is 5.63. The van der Waals surface area contributed by atoms with Gasteiger partial charge >= 0.3 is 12.1 Å². The fourth-order valence-electron chi connectivity index (χ4n) is 5.47. The summed E-state index contributed by atoms with van der Waals surface area (Å²) >= 11 is 0. The number of amides is 2. The van der Waals surface area contributed by atoms with Crippen molar-refractivity contribution in [3.8, 4) is 11.1 Å². The number of ether oxygens (including phenoxy) is 1. The minimum absolute atomic E-state index is 0.0395. The molecule has 7 nitrogen and oxygen atoms in total. The number of nitrogens with one attached hydrogen (secondary N) is 2. The Balaban J connectivity index is 1.35. The molecule has 2 unspecified atom stereocenters. The highest BCUT2D eigenvalue weighted by Crippen LogP contribution is 2.44. The molecule has 0 saturated heterocycles. The second-order valence-electron chi connectivity index (χ2n) is 10.2. The maximum Gasteiger partial charge on any atom is 0.407 e. The zero-order chi connectivity index (χ0) is 25.2. The second-order valence-corrected chi connectivity index (χ2v) is 10.2. The molecule has 3 N–H and O–H groups in total. The zero-order valence-corrected chi connectivity index (χ0v) is 20.5. The number of carbonyl (C=O) groups excluding carboxylic acids is 2. The van der Waals surface area contributed by atoms with E-state index in [1.54, 1.807) is 6.92 Å². The fourth-order valence-corrected chi connectivity index (χ4v) is 5.47. The molecular formula is C28H34N2O5. The molecule has 186 valence electrons. The standard InChI is InChI=1S/C28H34N2O5/c1-17(2)24(25(31)29-16-28(26(32)33)13-8-14-28)18(3)30-27(34)35-15-23-21-11-6-4-9-19(21)20-10-5-7-12-22(20)23/h4-7,9-12,17-18,23-24H,8,13-16H2,1-3H3,(H,29,31)(H,30,34)(H,32,33). The van der Waals surface area contributed by atoms with Crippen LogP contribution in [0.4, 0.5) is 4.79 Å². The van der Waals surface area contributed by atoms with Crippen molar-refractivity contribution in [1.29, 1.82) is 0 Å². The van der Waals surface area contributed by atoms with E-state index in [1.807, 2.05) is 38.1 Å². The summed E-state index contributed by atoms with van der Waals surface area (Å²) in [5, 5.41) is 15.2. The number of alkyl carbamates (subject to hydrolysis) is 1. The predicted molar refractivity (Wildman–Crippen MR) is 133 cm³/mol. The highest BCUT2D eigenvalue weighted by Gasteiger charge is 2.45. The lowest BCUT2D eigenvalue weighted by molar-refractivity contribution is -0.154. The molecule has 1 fully saturated rings. The van der Waals surface area contributed by atoms with E-state index >= 15 is 0 Å². The zero-order valence-electron chi connectivity index (χ0n) is 20.5. The minimum Gasteiger partial charge on any atom is -0.481 e. The van der Waals surface area contributed by atoms with E-state index in [1.165, 1.54) is 0 Å². The lowest BCUT2D eigenvalue weighted by Gasteiger charge is -2.38. The van der Waals surface area contributed by atoms with Gasteiger partial charge < -0.3 is 20.5 Å². The summed E-state index contributed by atoms with van der Waals surface area (Å²) in [7, 11) is 0. The molecule has 0 aliphatic heterocycles. The summed E-state index contributed by atoms with van der Waals surface area (Å²) in [5.41, 5.74) is 3.73. The fraction of sp³-hybridized carbons (Fsp3) is 0.464. The number of aliphatic carboxylic acids is 1. The van der Waals surface area contributed by atoms with Crippen molar-refractivity contribution in [2.75, 3.05) is 13.2 Å². The van der Waals surface area contributed by atoms with Gasteiger partial charge in [-0.2, -0.15) is 0 Å². The van der Waals surface area contributed by atoms with Gasteiger partial charge in [0.15, 0.2) is 0 Å². The Hall–Kier alpha value is -3.35. The third-order valence-corrected chi connectivity index (χ3v) is 7.61. The van der Waals surface area contributed by atoms with Crippen LogP contribution in [-0.4, -0.2) is 42.3 Å². The first-order chi connectivity index (χ1) is 16.7. The maximum atomic E-state index is 13.0. The Bertz CT molecular complexity index is 1060. The van der Waals surface area contributed by atoms with Crippen LogP contribution in [0.15, 0.2) is 48.5 Å². The molecule has 2 amide bonds. The van der Waals surface area contributed by atoms with Crippen LogP contribution >= 0.6 is 0 Å². The summed E-state index contributed by atoms with van der Waals surface area (Å²) in [6.07, 6.45) is 1.43. The van der Waals surface area contributed by atoms with Crippen LogP contribution < -0.4 is 10.6 Å². The second kappa shape index (κ2) is 10.1. The Morgan fingerprint density at radius 2 is 1.57 bits per heavy atom. The van der Waals surface area contributed by atoms with Crippen molar-refractivity contribution in [2.24, 2.45) is 17.3 Å². The molecule has 2 aliphatic rings. The minimum atomic E-state index is -0.866. The number of fused-ring (bicyclic) bond motifs is 3. The number of hydrogen-bond acceptors (Lipinski definition) is 4. The Morgan fingerprint density at radius 3 is 2.06 bits per heavy atom. The smallest absolute Gasteiger partial charge is 0.407 e. The average molecular weight is 479 g/mol. The summed E-state index contributed by atoms with van der Waals surface area (Å²) in [6.45, 7) is 5.92. The quantitative estimate of drug-likeness (QED) is 0.490. The molecule has 7 heteroatoms. The van der Waals surface area contributed by atoms with Gasteiger partial charge in [-0.15, -0.1) is 0 Å². The lowest BCUT2D eigenvalue weighted by atomic mass is 9.68. The number of carboxylic acid groups (broad SMARTS) is 1. The van der Waals surface area contributed by atoms with E-state index < -0.39 is 29.4 Å². The largest absolute Gasteiger partial charge is 0.481 e. The molecule has 1 saturated carbocycles. The first-order valence-corrected chi connectivity index (χ1v) is 12.4. The van der Waals surface area contributed by atoms with Crippen LogP contribution in [0.2, 0.25) is 0 Å². The van der Waals surface area contributed by atoms with Gasteiger partial charge in [0.1, 0.15) is 6.61 Å². The van der Waals surface area contributed by atoms with Crippen molar-refractivity contribution >= 4 is 18.0 Å². The molecule has 2 aromatic carbocycles. The monoisotopic (exact) mass is 478 g/mol. The molecule has 2 aromatic rings. The van der Waals surface area contributed by atoms with Crippen LogP contribution in [-0.2, 0) is 14.3 Å². The van der Waals surface area contributed by atoms with E-state index in [4.69, 9.17) is 4.74 Å². The van der Waals surface area contributed by atoms with E-state index in [-0.39, 0.29) is 30.9 Å². The molecule has 0 heterocycles. The summed E-state index contributed by atoms with van der Waals surface area (Å²) in [5.74, 6) is -1.72. The first kappa shape index (κ1) is 24.8. The van der Waals surface area contributed by atoms with Crippen LogP contribution in [0.3, 0.4) is 0 Å². The van der Waals surface area contributed by atoms with Gasteiger partial charge in [0.2, 0.25) is 5.91 Å². The van der Waals surface area contributed by atoms with Gasteiger partial charge in [0, 0.05) is 18.5 Å². The number of hydrogen-bond donors (Lipinski definition) is 3. The van der Waals surface area contributed by atoms with E-state index in [2.05, 4.69) is 34.9 Å². The maximum absolute atomic E-state index is 13.0. The van der Waals surface area contributed by atoms with Crippen molar-refractivity contribution < 1.29 is 24.2 Å². The highest BCUT2D eigenvalue weighted by atomic mass is 16.5. The van der Waals surface area contributed by atoms with Crippen molar-refractivity contribution in [1.82, 2.24) is 10.6 Å². The molecule has 0 aromatic heterocycles. The Kier molecular flexibility index (Phi) is 7.15. The molecule has 2 aliphatic carbocycles. The molecule has 0 radical (unpaired) electrons. The van der Waals surface area contributed by atoms with E-state index in [9.17, 15) is 19.5 Å². The van der Waals surface area contributed by atoms with Crippen molar-refractivity contribution in [2.45, 2.75) is 52.0 Å². The van der Waals surface area contributed by atoms with Gasteiger partial charge in [-0.05, 0) is 47.9 Å². The third-order valence-electron chi connectivity index (χ3n) is 7.61. The van der Waals surface area contributed by atoms with Crippen molar-refractivity contribution in [3.63, 3.8) is 0 Å². The van der Waals surface area contributed by atoms with Crippen LogP contribution in [0.25, 0.3) is 11.1 Å². The van der Waals surface area contributed by atoms with Crippen LogP contribution in [0.1, 0.15) is 57.1 Å². The normalized spacial score (nSPS) is 17.5. The number of carbonyl (C=O) groups is 3. The molecule has 4 rings (SSSR count). The highest BCUT2D eigenvalue weighted by molar-refractivity contribution is 5.82. The van der Waals surface area contributed by atoms with Crippen molar-refractivity contribution in [3.05, 3.63) is 59.7 Å². The SMILES string of the molecule is CC(C)C(C(=O)NCC1(C(=O)O)CCC1)C(C)NC(=O)OCC1c2ccccc2-c2ccccc21. The lowest BCUT2D eigenvalue weighted by Crippen LogP contribution is -2.52. The summed E-state index contributed by atoms with van der Waals surface area (Å²) in [4.78, 5) is 37.3. The molecule has 35 heavy (non-hydrogen) atoms. The van der Waals surface area contributed by atoms with Crippen LogP contribution in [0, 0.1) is 17.3 Å². The molecule has 0 bridgehead atoms. The number of rotatable bonds is 9. The van der Waals surface area contributed by atoms with Gasteiger partial charge in [-0.1, -0.05) is 68.8 Å². The van der Waals surface area contributed by atoms with Gasteiger partial charge in [0.25, 0.3) is 0 Å². The number of benzene rings is 2.